The van der Waals surface area contributed by atoms with Crippen molar-refractivity contribution >= 4 is 22.0 Å². The zero-order valence-electron chi connectivity index (χ0n) is 11.8. The molecule has 0 unspecified atom stereocenters. The van der Waals surface area contributed by atoms with Crippen molar-refractivity contribution in [3.8, 4) is 0 Å². The van der Waals surface area contributed by atoms with Crippen molar-refractivity contribution in [2.75, 3.05) is 20.2 Å². The van der Waals surface area contributed by atoms with E-state index in [4.69, 9.17) is 9.84 Å². The van der Waals surface area contributed by atoms with E-state index in [1.807, 2.05) is 0 Å². The van der Waals surface area contributed by atoms with Crippen LogP contribution in [0.15, 0.2) is 29.2 Å². The highest BCUT2D eigenvalue weighted by Gasteiger charge is 2.21. The average Bonchev–Trinajstić information content (AvgIpc) is 2.45. The average molecular weight is 315 g/mol. The molecule has 1 aromatic carbocycles. The van der Waals surface area contributed by atoms with Gasteiger partial charge in [-0.3, -0.25) is 4.79 Å². The Morgan fingerprint density at radius 2 is 1.81 bits per heavy atom. The van der Waals surface area contributed by atoms with Crippen molar-refractivity contribution < 1.29 is 27.9 Å². The van der Waals surface area contributed by atoms with E-state index in [1.54, 1.807) is 6.92 Å². The maximum atomic E-state index is 12.2. The number of carboxylic acids is 1. The number of aromatic carboxylic acids is 1. The maximum Gasteiger partial charge on any atom is 0.335 e. The summed E-state index contributed by atoms with van der Waals surface area (Å²) in [5.41, 5.74) is 0.00290. The van der Waals surface area contributed by atoms with Gasteiger partial charge in [-0.05, 0) is 31.2 Å². The summed E-state index contributed by atoms with van der Waals surface area (Å²) in [6.07, 6.45) is -0.0449. The third kappa shape index (κ3) is 4.54. The Labute approximate surface area is 123 Å². The number of rotatable bonds is 7. The predicted molar refractivity (Wildman–Crippen MR) is 74.5 cm³/mol. The summed E-state index contributed by atoms with van der Waals surface area (Å²) in [4.78, 5) is 21.9. The van der Waals surface area contributed by atoms with Crippen LogP contribution >= 0.6 is 0 Å². The second-order valence-corrected chi connectivity index (χ2v) is 6.26. The number of hydrogen-bond acceptors (Lipinski definition) is 5. The maximum absolute atomic E-state index is 12.2. The highest BCUT2D eigenvalue weighted by Crippen LogP contribution is 2.15. The minimum absolute atomic E-state index is 0.00290. The summed E-state index contributed by atoms with van der Waals surface area (Å²) < 4.78 is 30.2. The highest BCUT2D eigenvalue weighted by atomic mass is 32.2. The van der Waals surface area contributed by atoms with Gasteiger partial charge in [0.2, 0.25) is 10.0 Å². The summed E-state index contributed by atoms with van der Waals surface area (Å²) in [5.74, 6) is -1.60. The molecule has 0 fully saturated rings. The number of sulfonamides is 1. The number of ether oxygens (including phenoxy) is 1. The van der Waals surface area contributed by atoms with Crippen molar-refractivity contribution in [1.29, 1.82) is 0 Å². The van der Waals surface area contributed by atoms with Crippen LogP contribution in [-0.2, 0) is 19.6 Å². The Kier molecular flexibility index (Phi) is 5.86. The lowest BCUT2D eigenvalue weighted by Crippen LogP contribution is -2.29. The minimum atomic E-state index is -3.76. The standard InChI is InChI=1S/C13H17NO6S/c1-3-20-12(15)8-9-14(2)21(18,19)11-6-4-10(5-7-11)13(16)17/h4-7H,3,8-9H2,1-2H3,(H,16,17). The van der Waals surface area contributed by atoms with E-state index >= 15 is 0 Å². The number of carboxylic acid groups (broad SMARTS) is 1. The number of carbonyl (C=O) groups excluding carboxylic acids is 1. The van der Waals surface area contributed by atoms with Crippen LogP contribution in [-0.4, -0.2) is 50.0 Å². The minimum Gasteiger partial charge on any atom is -0.478 e. The van der Waals surface area contributed by atoms with Crippen molar-refractivity contribution in [2.45, 2.75) is 18.2 Å². The van der Waals surface area contributed by atoms with Gasteiger partial charge in [-0.1, -0.05) is 0 Å². The normalized spacial score (nSPS) is 11.4. The van der Waals surface area contributed by atoms with Gasteiger partial charge in [-0.2, -0.15) is 0 Å². The third-order valence-electron chi connectivity index (χ3n) is 2.75. The lowest BCUT2D eigenvalue weighted by molar-refractivity contribution is -0.143. The van der Waals surface area contributed by atoms with Gasteiger partial charge in [0.05, 0.1) is 23.5 Å². The Hall–Kier alpha value is -1.93. The molecular formula is C13H17NO6S. The molecule has 0 saturated carbocycles. The van der Waals surface area contributed by atoms with Crippen LogP contribution in [0.2, 0.25) is 0 Å². The molecule has 0 aliphatic heterocycles. The first kappa shape index (κ1) is 17.1. The zero-order chi connectivity index (χ0) is 16.0. The molecular weight excluding hydrogens is 298 g/mol. The van der Waals surface area contributed by atoms with E-state index in [-0.39, 0.29) is 30.0 Å². The number of esters is 1. The quantitative estimate of drug-likeness (QED) is 0.752. The van der Waals surface area contributed by atoms with E-state index in [0.717, 1.165) is 4.31 Å². The lowest BCUT2D eigenvalue weighted by Gasteiger charge is -2.16. The van der Waals surface area contributed by atoms with Crippen LogP contribution in [0.3, 0.4) is 0 Å². The largest absolute Gasteiger partial charge is 0.478 e. The molecule has 7 nitrogen and oxygen atoms in total. The van der Waals surface area contributed by atoms with Gasteiger partial charge in [0.1, 0.15) is 0 Å². The van der Waals surface area contributed by atoms with Crippen LogP contribution in [0.4, 0.5) is 0 Å². The molecule has 0 radical (unpaired) electrons. The molecule has 8 heteroatoms. The molecule has 116 valence electrons. The zero-order valence-corrected chi connectivity index (χ0v) is 12.6. The fraction of sp³-hybridized carbons (Fsp3) is 0.385. The molecule has 1 rings (SSSR count). The van der Waals surface area contributed by atoms with Gasteiger partial charge in [-0.25, -0.2) is 17.5 Å². The predicted octanol–water partition coefficient (Wildman–Crippen LogP) is 0.958. The Bertz CT molecular complexity index is 608. The lowest BCUT2D eigenvalue weighted by atomic mass is 10.2. The molecule has 0 saturated heterocycles. The van der Waals surface area contributed by atoms with Crippen molar-refractivity contribution in [3.63, 3.8) is 0 Å². The molecule has 0 aromatic heterocycles. The summed E-state index contributed by atoms with van der Waals surface area (Å²) in [6.45, 7) is 1.90. The Balaban J connectivity index is 2.79. The van der Waals surface area contributed by atoms with Crippen molar-refractivity contribution in [1.82, 2.24) is 4.31 Å². The van der Waals surface area contributed by atoms with Crippen molar-refractivity contribution in [3.05, 3.63) is 29.8 Å². The second kappa shape index (κ2) is 7.19. The molecule has 0 heterocycles. The molecule has 0 spiro atoms. The topological polar surface area (TPSA) is 101 Å². The number of carbonyl (C=O) groups is 2. The van der Waals surface area contributed by atoms with Crippen LogP contribution < -0.4 is 0 Å². The molecule has 1 aromatic rings. The fourth-order valence-electron chi connectivity index (χ4n) is 1.55. The number of hydrogen-bond donors (Lipinski definition) is 1. The van der Waals surface area contributed by atoms with E-state index in [9.17, 15) is 18.0 Å². The van der Waals surface area contributed by atoms with Crippen molar-refractivity contribution in [2.24, 2.45) is 0 Å². The first-order chi connectivity index (χ1) is 9.78. The highest BCUT2D eigenvalue weighted by molar-refractivity contribution is 7.89. The van der Waals surface area contributed by atoms with Gasteiger partial charge in [-0.15, -0.1) is 0 Å². The summed E-state index contributed by atoms with van der Waals surface area (Å²) in [7, 11) is -2.41. The first-order valence-corrected chi connectivity index (χ1v) is 7.68. The monoisotopic (exact) mass is 315 g/mol. The van der Waals surface area contributed by atoms with E-state index < -0.39 is 22.0 Å². The van der Waals surface area contributed by atoms with Crippen LogP contribution in [0.25, 0.3) is 0 Å². The molecule has 21 heavy (non-hydrogen) atoms. The molecule has 0 atom stereocenters. The Morgan fingerprint density at radius 3 is 2.29 bits per heavy atom. The molecule has 0 aliphatic carbocycles. The van der Waals surface area contributed by atoms with Gasteiger partial charge < -0.3 is 9.84 Å². The fourth-order valence-corrected chi connectivity index (χ4v) is 2.72. The van der Waals surface area contributed by atoms with Gasteiger partial charge in [0.25, 0.3) is 0 Å². The van der Waals surface area contributed by atoms with E-state index in [2.05, 4.69) is 0 Å². The van der Waals surface area contributed by atoms with Gasteiger partial charge in [0.15, 0.2) is 0 Å². The van der Waals surface area contributed by atoms with Gasteiger partial charge in [0, 0.05) is 13.6 Å². The van der Waals surface area contributed by atoms with E-state index in [1.165, 1.54) is 31.3 Å². The molecule has 0 bridgehead atoms. The van der Waals surface area contributed by atoms with Crippen LogP contribution in [0.1, 0.15) is 23.7 Å². The van der Waals surface area contributed by atoms with E-state index in [0.29, 0.717) is 0 Å². The first-order valence-electron chi connectivity index (χ1n) is 6.24. The molecule has 1 N–H and O–H groups in total. The third-order valence-corrected chi connectivity index (χ3v) is 4.62. The summed E-state index contributed by atoms with van der Waals surface area (Å²) in [6, 6.07) is 4.88. The smallest absolute Gasteiger partial charge is 0.335 e. The Morgan fingerprint density at radius 1 is 1.24 bits per heavy atom. The van der Waals surface area contributed by atoms with Crippen LogP contribution in [0, 0.1) is 0 Å². The summed E-state index contributed by atoms with van der Waals surface area (Å²) in [5, 5.41) is 8.77. The van der Waals surface area contributed by atoms with Gasteiger partial charge >= 0.3 is 11.9 Å². The molecule has 0 aliphatic rings. The number of benzene rings is 1. The summed E-state index contributed by atoms with van der Waals surface area (Å²) >= 11 is 0. The SMILES string of the molecule is CCOC(=O)CCN(C)S(=O)(=O)c1ccc(C(=O)O)cc1. The van der Waals surface area contributed by atoms with Crippen LogP contribution in [0.5, 0.6) is 0 Å². The number of nitrogens with zero attached hydrogens (tertiary/aromatic N) is 1. The second-order valence-electron chi connectivity index (χ2n) is 4.21. The molecule has 0 amide bonds.